The summed E-state index contributed by atoms with van der Waals surface area (Å²) >= 11 is 0. The fourth-order valence-corrected chi connectivity index (χ4v) is 1.65. The Morgan fingerprint density at radius 1 is 1.20 bits per heavy atom. The number of hydrazine groups is 1. The maximum absolute atomic E-state index is 11.8. The molecule has 0 spiro atoms. The van der Waals surface area contributed by atoms with Crippen LogP contribution in [0.2, 0.25) is 0 Å². The van der Waals surface area contributed by atoms with Crippen LogP contribution in [0.1, 0.15) is 13.8 Å². The molecular formula is C14H16N2O4. The van der Waals surface area contributed by atoms with E-state index in [1.807, 2.05) is 6.07 Å². The molecule has 20 heavy (non-hydrogen) atoms. The smallest absolute Gasteiger partial charge is 0.283 e. The zero-order valence-electron chi connectivity index (χ0n) is 11.3. The van der Waals surface area contributed by atoms with Gasteiger partial charge in [0, 0.05) is 6.08 Å². The number of amides is 2. The second-order valence-corrected chi connectivity index (χ2v) is 4.56. The van der Waals surface area contributed by atoms with Gasteiger partial charge in [-0.05, 0) is 26.0 Å². The highest BCUT2D eigenvalue weighted by molar-refractivity contribution is 5.91. The third kappa shape index (κ3) is 3.50. The summed E-state index contributed by atoms with van der Waals surface area (Å²) in [6, 6.07) is 7.10. The van der Waals surface area contributed by atoms with Crippen LogP contribution in [0.5, 0.6) is 11.5 Å². The number of ether oxygens (including phenoxy) is 2. The maximum Gasteiger partial charge on any atom is 0.283 e. The molecule has 1 aliphatic heterocycles. The van der Waals surface area contributed by atoms with Crippen molar-refractivity contribution in [2.75, 3.05) is 6.61 Å². The third-order valence-corrected chi connectivity index (χ3v) is 2.53. The van der Waals surface area contributed by atoms with Crippen molar-refractivity contribution < 1.29 is 19.1 Å². The Kier molecular flexibility index (Phi) is 4.24. The quantitative estimate of drug-likeness (QED) is 0.622. The number of carbonyl (C=O) groups is 2. The molecular weight excluding hydrogens is 260 g/mol. The minimum Gasteiger partial charge on any atom is -0.485 e. The Morgan fingerprint density at radius 2 is 1.90 bits per heavy atom. The summed E-state index contributed by atoms with van der Waals surface area (Å²) in [4.78, 5) is 23.2. The summed E-state index contributed by atoms with van der Waals surface area (Å²) in [5.74, 6) is 0.255. The van der Waals surface area contributed by atoms with Gasteiger partial charge in [0.2, 0.25) is 6.10 Å². The number of hydrogen-bond acceptors (Lipinski definition) is 4. The number of benzene rings is 1. The monoisotopic (exact) mass is 276 g/mol. The van der Waals surface area contributed by atoms with E-state index in [-0.39, 0.29) is 6.61 Å². The van der Waals surface area contributed by atoms with E-state index in [1.165, 1.54) is 6.08 Å². The number of hydrogen-bond donors (Lipinski definition) is 2. The van der Waals surface area contributed by atoms with Gasteiger partial charge < -0.3 is 9.47 Å². The highest BCUT2D eigenvalue weighted by atomic mass is 16.6. The second-order valence-electron chi connectivity index (χ2n) is 4.56. The van der Waals surface area contributed by atoms with Crippen molar-refractivity contribution in [2.24, 2.45) is 0 Å². The minimum absolute atomic E-state index is 0.0986. The molecule has 1 unspecified atom stereocenters. The lowest BCUT2D eigenvalue weighted by Crippen LogP contribution is -2.50. The molecule has 0 saturated carbocycles. The van der Waals surface area contributed by atoms with Crippen molar-refractivity contribution in [1.29, 1.82) is 0 Å². The van der Waals surface area contributed by atoms with Gasteiger partial charge in [-0.25, -0.2) is 0 Å². The molecule has 2 amide bonds. The summed E-state index contributed by atoms with van der Waals surface area (Å²) in [6.07, 6.45) is 0.588. The van der Waals surface area contributed by atoms with Crippen LogP contribution in [0.3, 0.4) is 0 Å². The summed E-state index contributed by atoms with van der Waals surface area (Å²) in [7, 11) is 0. The van der Waals surface area contributed by atoms with E-state index in [4.69, 9.17) is 9.47 Å². The average Bonchev–Trinajstić information content (AvgIpc) is 2.43. The Balaban J connectivity index is 1.89. The molecule has 2 N–H and O–H groups in total. The Hall–Kier alpha value is -2.50. The van der Waals surface area contributed by atoms with E-state index in [1.54, 1.807) is 32.0 Å². The standard InChI is InChI=1S/C14H16N2O4/c1-9(2)7-13(17)15-16-14(18)12-8-19-10-5-3-4-6-11(10)20-12/h3-7,12H,8H2,1-2H3,(H,15,17)(H,16,18). The van der Waals surface area contributed by atoms with Gasteiger partial charge in [0.15, 0.2) is 11.5 Å². The zero-order chi connectivity index (χ0) is 14.5. The third-order valence-electron chi connectivity index (χ3n) is 2.53. The van der Waals surface area contributed by atoms with Gasteiger partial charge >= 0.3 is 0 Å². The highest BCUT2D eigenvalue weighted by Gasteiger charge is 2.27. The van der Waals surface area contributed by atoms with Gasteiger partial charge in [0.05, 0.1) is 0 Å². The van der Waals surface area contributed by atoms with E-state index in [9.17, 15) is 9.59 Å². The van der Waals surface area contributed by atoms with Crippen molar-refractivity contribution in [2.45, 2.75) is 20.0 Å². The first-order valence-electron chi connectivity index (χ1n) is 6.19. The number of nitrogens with one attached hydrogen (secondary N) is 2. The number of fused-ring (bicyclic) bond motifs is 1. The molecule has 2 rings (SSSR count). The average molecular weight is 276 g/mol. The fourth-order valence-electron chi connectivity index (χ4n) is 1.65. The Labute approximate surface area is 116 Å². The fraction of sp³-hybridized carbons (Fsp3) is 0.286. The number of rotatable bonds is 2. The molecule has 6 heteroatoms. The van der Waals surface area contributed by atoms with Crippen LogP contribution in [0, 0.1) is 0 Å². The Morgan fingerprint density at radius 3 is 2.60 bits per heavy atom. The van der Waals surface area contributed by atoms with E-state index in [2.05, 4.69) is 10.9 Å². The lowest BCUT2D eigenvalue weighted by atomic mass is 10.2. The number of allylic oxidation sites excluding steroid dienone is 1. The predicted molar refractivity (Wildman–Crippen MR) is 72.1 cm³/mol. The molecule has 1 aromatic carbocycles. The van der Waals surface area contributed by atoms with Crippen molar-refractivity contribution in [3.63, 3.8) is 0 Å². The molecule has 0 fully saturated rings. The van der Waals surface area contributed by atoms with Crippen molar-refractivity contribution >= 4 is 11.8 Å². The topological polar surface area (TPSA) is 76.7 Å². The minimum atomic E-state index is -0.795. The molecule has 0 saturated heterocycles. The summed E-state index contributed by atoms with van der Waals surface area (Å²) in [6.45, 7) is 3.67. The molecule has 106 valence electrons. The largest absolute Gasteiger partial charge is 0.485 e. The van der Waals surface area contributed by atoms with E-state index >= 15 is 0 Å². The van der Waals surface area contributed by atoms with E-state index in [0.717, 1.165) is 5.57 Å². The maximum atomic E-state index is 11.8. The van der Waals surface area contributed by atoms with E-state index in [0.29, 0.717) is 11.5 Å². The van der Waals surface area contributed by atoms with Gasteiger partial charge in [0.1, 0.15) is 6.61 Å². The SMILES string of the molecule is CC(C)=CC(=O)NNC(=O)C1COc2ccccc2O1. The summed E-state index contributed by atoms with van der Waals surface area (Å²) in [5, 5.41) is 0. The predicted octanol–water partition coefficient (Wildman–Crippen LogP) is 0.940. The van der Waals surface area contributed by atoms with Crippen LogP contribution in [0.25, 0.3) is 0 Å². The molecule has 1 atom stereocenters. The van der Waals surface area contributed by atoms with Gasteiger partial charge in [-0.3, -0.25) is 20.4 Å². The van der Waals surface area contributed by atoms with E-state index < -0.39 is 17.9 Å². The van der Waals surface area contributed by atoms with Crippen LogP contribution in [-0.2, 0) is 9.59 Å². The van der Waals surface area contributed by atoms with Crippen LogP contribution in [-0.4, -0.2) is 24.5 Å². The number of carbonyl (C=O) groups excluding carboxylic acids is 2. The van der Waals surface area contributed by atoms with Crippen LogP contribution >= 0.6 is 0 Å². The van der Waals surface area contributed by atoms with Gasteiger partial charge in [-0.1, -0.05) is 17.7 Å². The lowest BCUT2D eigenvalue weighted by Gasteiger charge is -2.25. The number of para-hydroxylation sites is 2. The molecule has 0 aromatic heterocycles. The van der Waals surface area contributed by atoms with Crippen molar-refractivity contribution in [3.05, 3.63) is 35.9 Å². The van der Waals surface area contributed by atoms with Gasteiger partial charge in [-0.15, -0.1) is 0 Å². The lowest BCUT2D eigenvalue weighted by molar-refractivity contribution is -0.134. The molecule has 1 aliphatic rings. The summed E-state index contributed by atoms with van der Waals surface area (Å²) in [5.41, 5.74) is 5.42. The molecule has 0 aliphatic carbocycles. The molecule has 1 aromatic rings. The van der Waals surface area contributed by atoms with Crippen LogP contribution in [0.15, 0.2) is 35.9 Å². The van der Waals surface area contributed by atoms with Crippen LogP contribution < -0.4 is 20.3 Å². The first kappa shape index (κ1) is 13.9. The molecule has 0 bridgehead atoms. The van der Waals surface area contributed by atoms with Gasteiger partial charge in [0.25, 0.3) is 11.8 Å². The van der Waals surface area contributed by atoms with Crippen molar-refractivity contribution in [1.82, 2.24) is 10.9 Å². The molecule has 0 radical (unpaired) electrons. The van der Waals surface area contributed by atoms with Crippen molar-refractivity contribution in [3.8, 4) is 11.5 Å². The highest BCUT2D eigenvalue weighted by Crippen LogP contribution is 2.30. The Bertz CT molecular complexity index is 550. The van der Waals surface area contributed by atoms with Gasteiger partial charge in [-0.2, -0.15) is 0 Å². The molecule has 6 nitrogen and oxygen atoms in total. The molecule has 1 heterocycles. The van der Waals surface area contributed by atoms with Crippen LogP contribution in [0.4, 0.5) is 0 Å². The first-order chi connectivity index (χ1) is 9.56. The zero-order valence-corrected chi connectivity index (χ0v) is 11.3. The first-order valence-corrected chi connectivity index (χ1v) is 6.19. The normalized spacial score (nSPS) is 16.0. The second kappa shape index (κ2) is 6.10. The summed E-state index contributed by atoms with van der Waals surface area (Å²) < 4.78 is 10.9.